The second-order valence-electron chi connectivity index (χ2n) is 4.60. The van der Waals surface area contributed by atoms with Crippen molar-refractivity contribution in [2.45, 2.75) is 32.7 Å². The third-order valence-corrected chi connectivity index (χ3v) is 3.13. The Balaban J connectivity index is 2.28. The molecule has 0 aliphatic rings. The SMILES string of the molecule is Cc1ncc([N+](=O)[O-])n1CCOC(=O)CCCC(=O)NC(=S)ON. The van der Waals surface area contributed by atoms with Crippen LogP contribution >= 0.6 is 12.2 Å². The number of imidazole rings is 1. The van der Waals surface area contributed by atoms with E-state index in [-0.39, 0.29) is 43.4 Å². The van der Waals surface area contributed by atoms with E-state index in [1.807, 2.05) is 0 Å². The van der Waals surface area contributed by atoms with Crippen LogP contribution in [-0.2, 0) is 25.7 Å². The molecule has 1 rings (SSSR count). The number of thiocarbonyl (C=S) groups is 1. The average Bonchev–Trinajstić information content (AvgIpc) is 2.88. The minimum atomic E-state index is -0.560. The molecule has 3 N–H and O–H groups in total. The molecule has 0 fully saturated rings. The monoisotopic (exact) mass is 359 g/mol. The number of aryl methyl sites for hydroxylation is 1. The maximum atomic E-state index is 11.6. The Kier molecular flexibility index (Phi) is 7.71. The van der Waals surface area contributed by atoms with Gasteiger partial charge in [0.05, 0.1) is 0 Å². The fourth-order valence-electron chi connectivity index (χ4n) is 1.80. The number of carbonyl (C=O) groups excluding carboxylic acids is 2. The van der Waals surface area contributed by atoms with Gasteiger partial charge >= 0.3 is 11.8 Å². The zero-order valence-electron chi connectivity index (χ0n) is 12.9. The van der Waals surface area contributed by atoms with Gasteiger partial charge in [-0.15, -0.1) is 0 Å². The molecule has 0 bridgehead atoms. The predicted octanol–water partition coefficient (Wildman–Crippen LogP) is 0.105. The molecule has 1 amide bonds. The molecule has 0 unspecified atom stereocenters. The van der Waals surface area contributed by atoms with Gasteiger partial charge in [0.15, 0.2) is 5.82 Å². The van der Waals surface area contributed by atoms with Gasteiger partial charge < -0.3 is 19.7 Å². The van der Waals surface area contributed by atoms with E-state index >= 15 is 0 Å². The van der Waals surface area contributed by atoms with Crippen molar-refractivity contribution in [3.05, 3.63) is 22.1 Å². The molecule has 0 saturated heterocycles. The van der Waals surface area contributed by atoms with Crippen LogP contribution in [-0.4, -0.2) is 38.1 Å². The highest BCUT2D eigenvalue weighted by atomic mass is 32.1. The highest BCUT2D eigenvalue weighted by molar-refractivity contribution is 7.80. The average molecular weight is 359 g/mol. The van der Waals surface area contributed by atoms with Gasteiger partial charge in [0, 0.05) is 19.8 Å². The van der Waals surface area contributed by atoms with Crippen LogP contribution in [0.15, 0.2) is 6.20 Å². The fraction of sp³-hybridized carbons (Fsp3) is 0.500. The van der Waals surface area contributed by atoms with Crippen LogP contribution in [0, 0.1) is 17.0 Å². The lowest BCUT2D eigenvalue weighted by atomic mass is 10.2. The van der Waals surface area contributed by atoms with Crippen LogP contribution in [0.4, 0.5) is 5.82 Å². The van der Waals surface area contributed by atoms with E-state index in [4.69, 9.17) is 10.6 Å². The molecule has 132 valence electrons. The number of rotatable bonds is 8. The summed E-state index contributed by atoms with van der Waals surface area (Å²) in [5, 5.41) is 12.8. The number of esters is 1. The molecule has 0 spiro atoms. The van der Waals surface area contributed by atoms with E-state index in [0.29, 0.717) is 5.82 Å². The Bertz CT molecular complexity index is 631. The minimum absolute atomic E-state index is 0.0225. The topological polar surface area (TPSA) is 152 Å². The van der Waals surface area contributed by atoms with E-state index in [0.717, 1.165) is 6.20 Å². The van der Waals surface area contributed by atoms with Crippen molar-refractivity contribution in [2.24, 2.45) is 5.90 Å². The van der Waals surface area contributed by atoms with Crippen molar-refractivity contribution >= 4 is 35.1 Å². The summed E-state index contributed by atoms with van der Waals surface area (Å²) >= 11 is 4.54. The zero-order valence-corrected chi connectivity index (χ0v) is 13.7. The number of carbonyl (C=O) groups is 2. The van der Waals surface area contributed by atoms with Gasteiger partial charge in [-0.3, -0.25) is 14.9 Å². The van der Waals surface area contributed by atoms with Crippen LogP contribution in [0.1, 0.15) is 25.1 Å². The predicted molar refractivity (Wildman–Crippen MR) is 84.4 cm³/mol. The number of ether oxygens (including phenoxy) is 1. The molecule has 12 heteroatoms. The van der Waals surface area contributed by atoms with Gasteiger partial charge in [0.25, 0.3) is 5.17 Å². The van der Waals surface area contributed by atoms with E-state index in [9.17, 15) is 19.7 Å². The summed E-state index contributed by atoms with van der Waals surface area (Å²) in [4.78, 5) is 41.1. The lowest BCUT2D eigenvalue weighted by Gasteiger charge is -2.06. The molecular formula is C12H17N5O6S. The molecule has 0 aromatic carbocycles. The molecule has 0 aliphatic carbocycles. The number of aromatic nitrogens is 2. The summed E-state index contributed by atoms with van der Waals surface area (Å²) in [6, 6.07) is 0. The van der Waals surface area contributed by atoms with Crippen molar-refractivity contribution in [1.29, 1.82) is 0 Å². The van der Waals surface area contributed by atoms with Gasteiger partial charge in [0.1, 0.15) is 19.3 Å². The zero-order chi connectivity index (χ0) is 18.1. The van der Waals surface area contributed by atoms with Crippen LogP contribution in [0.2, 0.25) is 0 Å². The van der Waals surface area contributed by atoms with Crippen LogP contribution < -0.4 is 11.2 Å². The summed E-state index contributed by atoms with van der Waals surface area (Å²) < 4.78 is 6.32. The fourth-order valence-corrected chi connectivity index (χ4v) is 1.91. The Labute approximate surface area is 142 Å². The smallest absolute Gasteiger partial charge is 0.342 e. The lowest BCUT2D eigenvalue weighted by Crippen LogP contribution is -2.32. The Morgan fingerprint density at radius 1 is 1.50 bits per heavy atom. The first kappa shape index (κ1) is 19.4. The van der Waals surface area contributed by atoms with Gasteiger partial charge in [-0.1, -0.05) is 0 Å². The maximum absolute atomic E-state index is 11.6. The summed E-state index contributed by atoms with van der Waals surface area (Å²) in [7, 11) is 0. The van der Waals surface area contributed by atoms with E-state index in [1.54, 1.807) is 6.92 Å². The maximum Gasteiger partial charge on any atom is 0.342 e. The van der Waals surface area contributed by atoms with Crippen molar-refractivity contribution in [3.63, 3.8) is 0 Å². The highest BCUT2D eigenvalue weighted by Crippen LogP contribution is 2.13. The molecule has 0 saturated carbocycles. The third-order valence-electron chi connectivity index (χ3n) is 2.93. The summed E-state index contributed by atoms with van der Waals surface area (Å²) in [5.74, 6) is 4.10. The van der Waals surface area contributed by atoms with Crippen molar-refractivity contribution in [1.82, 2.24) is 14.9 Å². The van der Waals surface area contributed by atoms with Crippen LogP contribution in [0.5, 0.6) is 0 Å². The standard InChI is InChI=1S/C12H17N5O6S/c1-8-14-7-10(17(20)21)16(8)5-6-22-11(19)4-2-3-9(18)15-12(24)23-13/h7H,2-6,13H2,1H3,(H,15,18,24). The molecule has 24 heavy (non-hydrogen) atoms. The van der Waals surface area contributed by atoms with Crippen molar-refractivity contribution in [2.75, 3.05) is 6.61 Å². The number of nitro groups is 1. The van der Waals surface area contributed by atoms with Crippen molar-refractivity contribution < 1.29 is 24.1 Å². The molecule has 1 aromatic rings. The lowest BCUT2D eigenvalue weighted by molar-refractivity contribution is -0.392. The van der Waals surface area contributed by atoms with Crippen molar-refractivity contribution in [3.8, 4) is 0 Å². The molecule has 0 radical (unpaired) electrons. The number of nitrogens with two attached hydrogens (primary N) is 1. The summed E-state index contributed by atoms with van der Waals surface area (Å²) in [6.45, 7) is 1.70. The number of hydrogen-bond acceptors (Lipinski definition) is 9. The normalized spacial score (nSPS) is 10.1. The molecular weight excluding hydrogens is 342 g/mol. The Morgan fingerprint density at radius 2 is 2.21 bits per heavy atom. The van der Waals surface area contributed by atoms with Gasteiger partial charge in [-0.25, -0.2) is 9.55 Å². The number of hydrogen-bond donors (Lipinski definition) is 2. The summed E-state index contributed by atoms with van der Waals surface area (Å²) in [6.07, 6.45) is 1.47. The third kappa shape index (κ3) is 6.26. The van der Waals surface area contributed by atoms with Crippen LogP contribution in [0.25, 0.3) is 0 Å². The number of amides is 1. The second kappa shape index (κ2) is 9.52. The molecule has 1 aromatic heterocycles. The first-order chi connectivity index (χ1) is 11.3. The number of nitrogens with zero attached hydrogens (tertiary/aromatic N) is 3. The van der Waals surface area contributed by atoms with E-state index in [2.05, 4.69) is 27.4 Å². The van der Waals surface area contributed by atoms with E-state index in [1.165, 1.54) is 4.57 Å². The van der Waals surface area contributed by atoms with Gasteiger partial charge in [-0.05, 0) is 23.6 Å². The molecule has 11 nitrogen and oxygen atoms in total. The molecule has 1 heterocycles. The van der Waals surface area contributed by atoms with E-state index < -0.39 is 16.8 Å². The Hall–Kier alpha value is -2.60. The number of nitrogens with one attached hydrogen (secondary N) is 1. The van der Waals surface area contributed by atoms with Gasteiger partial charge in [0.2, 0.25) is 5.91 Å². The minimum Gasteiger partial charge on any atom is -0.461 e. The van der Waals surface area contributed by atoms with Gasteiger partial charge in [-0.2, -0.15) is 5.90 Å². The second-order valence-corrected chi connectivity index (χ2v) is 4.97. The highest BCUT2D eigenvalue weighted by Gasteiger charge is 2.17. The van der Waals surface area contributed by atoms with Crippen LogP contribution in [0.3, 0.4) is 0 Å². The largest absolute Gasteiger partial charge is 0.461 e. The molecule has 0 atom stereocenters. The summed E-state index contributed by atoms with van der Waals surface area (Å²) in [5.41, 5.74) is 0. The Morgan fingerprint density at radius 3 is 2.83 bits per heavy atom. The first-order valence-electron chi connectivity index (χ1n) is 6.87. The molecule has 0 aliphatic heterocycles. The first-order valence-corrected chi connectivity index (χ1v) is 7.28. The quantitative estimate of drug-likeness (QED) is 0.285.